The molecular formula is C14H16N2O4. The van der Waals surface area contributed by atoms with Crippen molar-refractivity contribution < 1.29 is 14.6 Å². The number of fused-ring (bicyclic) bond motifs is 1. The molecule has 1 saturated carbocycles. The van der Waals surface area contributed by atoms with E-state index in [0.717, 1.165) is 24.8 Å². The van der Waals surface area contributed by atoms with Crippen LogP contribution in [-0.4, -0.2) is 33.8 Å². The fraction of sp³-hybridized carbons (Fsp3) is 0.429. The first-order valence-electron chi connectivity index (χ1n) is 6.60. The third kappa shape index (κ3) is 2.02. The first-order valence-corrected chi connectivity index (χ1v) is 6.60. The quantitative estimate of drug-likeness (QED) is 0.894. The van der Waals surface area contributed by atoms with Gasteiger partial charge in [0.05, 0.1) is 22.7 Å². The van der Waals surface area contributed by atoms with Gasteiger partial charge < -0.3 is 14.8 Å². The Kier molecular flexibility index (Phi) is 3.10. The summed E-state index contributed by atoms with van der Waals surface area (Å²) in [5, 5.41) is 8.98. The molecule has 2 atom stereocenters. The van der Waals surface area contributed by atoms with Gasteiger partial charge in [0.15, 0.2) is 0 Å². The lowest BCUT2D eigenvalue weighted by atomic mass is 10.2. The molecule has 1 aromatic heterocycles. The Labute approximate surface area is 115 Å². The van der Waals surface area contributed by atoms with Crippen molar-refractivity contribution in [2.24, 2.45) is 0 Å². The SMILES string of the molecule is COC1CCC(n2c(=O)[nH]c3cc(C(=O)O)ccc32)C1. The molecule has 2 N–H and O–H groups in total. The molecule has 1 fully saturated rings. The zero-order chi connectivity index (χ0) is 14.3. The zero-order valence-corrected chi connectivity index (χ0v) is 11.1. The van der Waals surface area contributed by atoms with Crippen molar-refractivity contribution in [1.29, 1.82) is 0 Å². The summed E-state index contributed by atoms with van der Waals surface area (Å²) in [5.41, 5.74) is 1.30. The molecule has 2 unspecified atom stereocenters. The minimum Gasteiger partial charge on any atom is -0.478 e. The molecule has 0 spiro atoms. The van der Waals surface area contributed by atoms with Gasteiger partial charge in [-0.05, 0) is 37.5 Å². The maximum Gasteiger partial charge on any atom is 0.335 e. The van der Waals surface area contributed by atoms with Crippen LogP contribution in [0.5, 0.6) is 0 Å². The van der Waals surface area contributed by atoms with E-state index in [-0.39, 0.29) is 23.4 Å². The standard InChI is InChI=1S/C14H16N2O4/c1-20-10-4-3-9(7-10)16-12-5-2-8(13(17)18)6-11(12)15-14(16)19/h2,5-6,9-10H,3-4,7H2,1H3,(H,15,19)(H,17,18). The Balaban J connectivity index is 2.06. The number of nitrogens with zero attached hydrogens (tertiary/aromatic N) is 1. The number of aromatic amines is 1. The molecule has 3 rings (SSSR count). The van der Waals surface area contributed by atoms with Gasteiger partial charge in [-0.2, -0.15) is 0 Å². The molecular weight excluding hydrogens is 260 g/mol. The minimum absolute atomic E-state index is 0.108. The first kappa shape index (κ1) is 12.9. The molecule has 106 valence electrons. The van der Waals surface area contributed by atoms with Gasteiger partial charge in [0, 0.05) is 13.2 Å². The molecule has 6 nitrogen and oxygen atoms in total. The Morgan fingerprint density at radius 1 is 1.45 bits per heavy atom. The highest BCUT2D eigenvalue weighted by molar-refractivity contribution is 5.92. The summed E-state index contributed by atoms with van der Waals surface area (Å²) in [6, 6.07) is 4.82. The molecule has 0 bridgehead atoms. The summed E-state index contributed by atoms with van der Waals surface area (Å²) in [5.74, 6) is -0.999. The van der Waals surface area contributed by atoms with Gasteiger partial charge in [-0.3, -0.25) is 4.57 Å². The lowest BCUT2D eigenvalue weighted by molar-refractivity contribution is 0.0697. The average Bonchev–Trinajstić information content (AvgIpc) is 3.00. The van der Waals surface area contributed by atoms with Gasteiger partial charge in [-0.15, -0.1) is 0 Å². The van der Waals surface area contributed by atoms with E-state index in [2.05, 4.69) is 4.98 Å². The van der Waals surface area contributed by atoms with Crippen LogP contribution in [0, 0.1) is 0 Å². The number of methoxy groups -OCH3 is 1. The van der Waals surface area contributed by atoms with Gasteiger partial charge in [0.25, 0.3) is 0 Å². The lowest BCUT2D eigenvalue weighted by Gasteiger charge is -2.12. The number of aromatic carboxylic acids is 1. The van der Waals surface area contributed by atoms with E-state index in [9.17, 15) is 9.59 Å². The fourth-order valence-corrected chi connectivity index (χ4v) is 2.99. The summed E-state index contributed by atoms with van der Waals surface area (Å²) < 4.78 is 7.06. The van der Waals surface area contributed by atoms with Crippen molar-refractivity contribution in [3.05, 3.63) is 34.2 Å². The molecule has 0 saturated heterocycles. The average molecular weight is 276 g/mol. The largest absolute Gasteiger partial charge is 0.478 e. The van der Waals surface area contributed by atoms with Crippen LogP contribution in [0.1, 0.15) is 35.7 Å². The normalized spacial score (nSPS) is 22.4. The van der Waals surface area contributed by atoms with Gasteiger partial charge in [0.1, 0.15) is 0 Å². The van der Waals surface area contributed by atoms with E-state index in [4.69, 9.17) is 9.84 Å². The molecule has 20 heavy (non-hydrogen) atoms. The number of carboxylic acids is 1. The first-order chi connectivity index (χ1) is 9.60. The second-order valence-electron chi connectivity index (χ2n) is 5.16. The number of benzene rings is 1. The van der Waals surface area contributed by atoms with Crippen LogP contribution >= 0.6 is 0 Å². The number of carbonyl (C=O) groups is 1. The van der Waals surface area contributed by atoms with Crippen LogP contribution < -0.4 is 5.69 Å². The molecule has 1 aliphatic rings. The van der Waals surface area contributed by atoms with Gasteiger partial charge >= 0.3 is 11.7 Å². The minimum atomic E-state index is -0.999. The molecule has 0 aliphatic heterocycles. The van der Waals surface area contributed by atoms with E-state index in [1.54, 1.807) is 17.7 Å². The summed E-state index contributed by atoms with van der Waals surface area (Å²) >= 11 is 0. The number of aromatic nitrogens is 2. The molecule has 0 amide bonds. The Hall–Kier alpha value is -2.08. The zero-order valence-electron chi connectivity index (χ0n) is 11.1. The monoisotopic (exact) mass is 276 g/mol. The van der Waals surface area contributed by atoms with Crippen molar-refractivity contribution in [2.45, 2.75) is 31.4 Å². The van der Waals surface area contributed by atoms with Crippen LogP contribution in [0.25, 0.3) is 11.0 Å². The lowest BCUT2D eigenvalue weighted by Crippen LogP contribution is -2.21. The predicted octanol–water partition coefficient (Wildman–Crippen LogP) is 1.77. The highest BCUT2D eigenvalue weighted by atomic mass is 16.5. The summed E-state index contributed by atoms with van der Waals surface area (Å²) in [6.45, 7) is 0. The number of hydrogen-bond acceptors (Lipinski definition) is 3. The molecule has 1 heterocycles. The Morgan fingerprint density at radius 3 is 2.90 bits per heavy atom. The number of rotatable bonds is 3. The highest BCUT2D eigenvalue weighted by Gasteiger charge is 2.28. The van der Waals surface area contributed by atoms with E-state index in [1.807, 2.05) is 0 Å². The van der Waals surface area contributed by atoms with Gasteiger partial charge in [0.2, 0.25) is 0 Å². The van der Waals surface area contributed by atoms with Gasteiger partial charge in [-0.25, -0.2) is 9.59 Å². The number of ether oxygens (including phenoxy) is 1. The molecule has 1 aromatic carbocycles. The number of imidazole rings is 1. The van der Waals surface area contributed by atoms with Crippen LogP contribution in [-0.2, 0) is 4.74 Å². The number of carboxylic acid groups (broad SMARTS) is 1. The van der Waals surface area contributed by atoms with Crippen LogP contribution in [0.15, 0.2) is 23.0 Å². The smallest absolute Gasteiger partial charge is 0.335 e. The molecule has 1 aliphatic carbocycles. The topological polar surface area (TPSA) is 84.3 Å². The number of hydrogen-bond donors (Lipinski definition) is 2. The highest BCUT2D eigenvalue weighted by Crippen LogP contribution is 2.32. The van der Waals surface area contributed by atoms with Crippen molar-refractivity contribution in [3.63, 3.8) is 0 Å². The van der Waals surface area contributed by atoms with Crippen molar-refractivity contribution in [1.82, 2.24) is 9.55 Å². The van der Waals surface area contributed by atoms with Crippen molar-refractivity contribution in [3.8, 4) is 0 Å². The maximum absolute atomic E-state index is 12.1. The van der Waals surface area contributed by atoms with E-state index < -0.39 is 5.97 Å². The van der Waals surface area contributed by atoms with Crippen LogP contribution in [0.4, 0.5) is 0 Å². The van der Waals surface area contributed by atoms with Crippen molar-refractivity contribution in [2.75, 3.05) is 7.11 Å². The Bertz CT molecular complexity index is 716. The third-order valence-electron chi connectivity index (χ3n) is 4.02. The van der Waals surface area contributed by atoms with Gasteiger partial charge in [-0.1, -0.05) is 0 Å². The number of H-pyrrole nitrogens is 1. The molecule has 6 heteroatoms. The number of nitrogens with one attached hydrogen (secondary N) is 1. The molecule has 2 aromatic rings. The third-order valence-corrected chi connectivity index (χ3v) is 4.02. The Morgan fingerprint density at radius 2 is 2.25 bits per heavy atom. The second-order valence-corrected chi connectivity index (χ2v) is 5.16. The summed E-state index contributed by atoms with van der Waals surface area (Å²) in [6.07, 6.45) is 2.83. The maximum atomic E-state index is 12.1. The second kappa shape index (κ2) is 4.79. The summed E-state index contributed by atoms with van der Waals surface area (Å²) in [4.78, 5) is 25.8. The fourth-order valence-electron chi connectivity index (χ4n) is 2.99. The molecule has 0 radical (unpaired) electrons. The van der Waals surface area contributed by atoms with E-state index >= 15 is 0 Å². The van der Waals surface area contributed by atoms with Crippen LogP contribution in [0.2, 0.25) is 0 Å². The predicted molar refractivity (Wildman–Crippen MR) is 73.2 cm³/mol. The van der Waals surface area contributed by atoms with E-state index in [0.29, 0.717) is 5.52 Å². The van der Waals surface area contributed by atoms with E-state index in [1.165, 1.54) is 12.1 Å². The van der Waals surface area contributed by atoms with Crippen LogP contribution in [0.3, 0.4) is 0 Å². The summed E-state index contributed by atoms with van der Waals surface area (Å²) in [7, 11) is 1.68. The van der Waals surface area contributed by atoms with Crippen molar-refractivity contribution >= 4 is 17.0 Å².